The summed E-state index contributed by atoms with van der Waals surface area (Å²) in [6.45, 7) is 1.40. The van der Waals surface area contributed by atoms with E-state index in [9.17, 15) is 19.2 Å². The van der Waals surface area contributed by atoms with Gasteiger partial charge in [0.25, 0.3) is 11.8 Å². The first-order chi connectivity index (χ1) is 13.5. The van der Waals surface area contributed by atoms with Crippen LogP contribution in [0.25, 0.3) is 17.0 Å². The largest absolute Gasteiger partial charge is 0.335 e. The lowest BCUT2D eigenvalue weighted by molar-refractivity contribution is -0.122. The maximum absolute atomic E-state index is 12.9. The van der Waals surface area contributed by atoms with Crippen LogP contribution in [-0.4, -0.2) is 28.3 Å². The third-order valence-corrected chi connectivity index (χ3v) is 4.46. The highest BCUT2D eigenvalue weighted by atomic mass is 16.2. The Bertz CT molecular complexity index is 1170. The van der Waals surface area contributed by atoms with Gasteiger partial charge in [0, 0.05) is 12.3 Å². The van der Waals surface area contributed by atoms with E-state index in [2.05, 4.69) is 5.32 Å². The number of benzene rings is 2. The highest BCUT2D eigenvalue weighted by molar-refractivity contribution is 6.39. The van der Waals surface area contributed by atoms with Crippen LogP contribution in [0, 0.1) is 0 Å². The summed E-state index contributed by atoms with van der Waals surface area (Å²) in [5.74, 6) is -1.81. The molecule has 1 N–H and O–H groups in total. The Balaban J connectivity index is 1.85. The standard InChI is InChI=1S/C21H15N3O4/c1-13(25)23-16(11-14-7-5-6-10-18(14)23)12-17-19(26)22-21(28)24(20(17)27)15-8-3-2-4-9-15/h2-12H,1H3,(H,22,26,28)/b17-12-. The highest BCUT2D eigenvalue weighted by Gasteiger charge is 2.37. The van der Waals surface area contributed by atoms with E-state index in [1.54, 1.807) is 48.5 Å². The normalized spacial score (nSPS) is 16.0. The van der Waals surface area contributed by atoms with Gasteiger partial charge in [-0.25, -0.2) is 9.69 Å². The van der Waals surface area contributed by atoms with Gasteiger partial charge in [0.05, 0.1) is 16.9 Å². The van der Waals surface area contributed by atoms with Crippen LogP contribution in [0.3, 0.4) is 0 Å². The van der Waals surface area contributed by atoms with Crippen molar-refractivity contribution in [3.63, 3.8) is 0 Å². The van der Waals surface area contributed by atoms with E-state index in [-0.39, 0.29) is 11.5 Å². The van der Waals surface area contributed by atoms with E-state index in [0.717, 1.165) is 10.3 Å². The van der Waals surface area contributed by atoms with Crippen molar-refractivity contribution in [3.05, 3.63) is 71.9 Å². The summed E-state index contributed by atoms with van der Waals surface area (Å²) in [7, 11) is 0. The summed E-state index contributed by atoms with van der Waals surface area (Å²) in [5, 5.41) is 2.97. The molecule has 28 heavy (non-hydrogen) atoms. The van der Waals surface area contributed by atoms with Gasteiger partial charge in [-0.2, -0.15) is 0 Å². The predicted octanol–water partition coefficient (Wildman–Crippen LogP) is 2.97. The molecule has 1 aliphatic rings. The maximum atomic E-state index is 12.9. The summed E-state index contributed by atoms with van der Waals surface area (Å²) in [4.78, 5) is 50.6. The van der Waals surface area contributed by atoms with Crippen LogP contribution in [0.1, 0.15) is 17.4 Å². The molecule has 7 heteroatoms. The maximum Gasteiger partial charge on any atom is 0.335 e. The molecule has 0 saturated carbocycles. The Morgan fingerprint density at radius 1 is 0.964 bits per heavy atom. The van der Waals surface area contributed by atoms with E-state index in [0.29, 0.717) is 16.9 Å². The molecule has 2 aromatic carbocycles. The number of carbonyl (C=O) groups excluding carboxylic acids is 4. The number of hydrogen-bond donors (Lipinski definition) is 1. The van der Waals surface area contributed by atoms with Crippen molar-refractivity contribution >= 4 is 46.4 Å². The molecular weight excluding hydrogens is 358 g/mol. The molecule has 0 unspecified atom stereocenters. The topological polar surface area (TPSA) is 88.5 Å². The average molecular weight is 373 g/mol. The third kappa shape index (κ3) is 2.79. The molecule has 3 aromatic rings. The molecule has 1 fully saturated rings. The van der Waals surface area contributed by atoms with Gasteiger partial charge in [-0.1, -0.05) is 36.4 Å². The van der Waals surface area contributed by atoms with Gasteiger partial charge in [0.15, 0.2) is 0 Å². The molecule has 0 atom stereocenters. The summed E-state index contributed by atoms with van der Waals surface area (Å²) in [6.07, 6.45) is 1.33. The van der Waals surface area contributed by atoms with E-state index in [1.165, 1.54) is 17.6 Å². The molecule has 0 bridgehead atoms. The van der Waals surface area contributed by atoms with E-state index < -0.39 is 17.8 Å². The quantitative estimate of drug-likeness (QED) is 0.552. The van der Waals surface area contributed by atoms with Crippen molar-refractivity contribution in [2.45, 2.75) is 6.92 Å². The first kappa shape index (κ1) is 17.4. The molecule has 1 saturated heterocycles. The van der Waals surface area contributed by atoms with Crippen LogP contribution in [0.15, 0.2) is 66.2 Å². The minimum atomic E-state index is -0.814. The predicted molar refractivity (Wildman–Crippen MR) is 104 cm³/mol. The van der Waals surface area contributed by atoms with Crippen molar-refractivity contribution in [2.75, 3.05) is 4.90 Å². The number of carbonyl (C=O) groups is 4. The van der Waals surface area contributed by atoms with Gasteiger partial charge in [0.1, 0.15) is 5.57 Å². The van der Waals surface area contributed by atoms with Crippen molar-refractivity contribution in [2.24, 2.45) is 0 Å². The van der Waals surface area contributed by atoms with Crippen LogP contribution < -0.4 is 10.2 Å². The second-order valence-corrected chi connectivity index (χ2v) is 6.28. The third-order valence-electron chi connectivity index (χ3n) is 4.46. The Morgan fingerprint density at radius 2 is 1.64 bits per heavy atom. The Hall–Kier alpha value is -4.00. The molecule has 4 amide bonds. The van der Waals surface area contributed by atoms with E-state index in [1.807, 2.05) is 12.1 Å². The lowest BCUT2D eigenvalue weighted by atomic mass is 10.1. The van der Waals surface area contributed by atoms with E-state index in [4.69, 9.17) is 0 Å². The highest BCUT2D eigenvalue weighted by Crippen LogP contribution is 2.25. The Labute approximate surface area is 159 Å². The smallest absolute Gasteiger partial charge is 0.281 e. The summed E-state index contributed by atoms with van der Waals surface area (Å²) < 4.78 is 1.42. The minimum absolute atomic E-state index is 0.228. The second kappa shape index (κ2) is 6.62. The number of aromatic nitrogens is 1. The van der Waals surface area contributed by atoms with Crippen molar-refractivity contribution < 1.29 is 19.2 Å². The molecule has 4 rings (SSSR count). The van der Waals surface area contributed by atoms with Gasteiger partial charge in [-0.15, -0.1) is 0 Å². The molecule has 0 spiro atoms. The lowest BCUT2D eigenvalue weighted by Gasteiger charge is -2.26. The van der Waals surface area contributed by atoms with Crippen molar-refractivity contribution in [3.8, 4) is 0 Å². The molecule has 1 aliphatic heterocycles. The molecule has 0 aliphatic carbocycles. The SMILES string of the molecule is CC(=O)n1c(/C=C2/C(=O)NC(=O)N(c3ccccc3)C2=O)cc2ccccc21. The molecule has 1 aromatic heterocycles. The number of hydrogen-bond acceptors (Lipinski definition) is 4. The van der Waals surface area contributed by atoms with Gasteiger partial charge < -0.3 is 0 Å². The Morgan fingerprint density at radius 3 is 2.36 bits per heavy atom. The fourth-order valence-corrected chi connectivity index (χ4v) is 3.25. The summed E-state index contributed by atoms with van der Waals surface area (Å²) in [6, 6.07) is 16.5. The number of fused-ring (bicyclic) bond motifs is 1. The number of anilines is 1. The van der Waals surface area contributed by atoms with Crippen molar-refractivity contribution in [1.29, 1.82) is 0 Å². The fourth-order valence-electron chi connectivity index (χ4n) is 3.25. The number of barbiturate groups is 1. The number of imide groups is 2. The summed E-state index contributed by atoms with van der Waals surface area (Å²) >= 11 is 0. The molecule has 2 heterocycles. The average Bonchev–Trinajstić information content (AvgIpc) is 3.04. The Kier molecular flexibility index (Phi) is 4.12. The summed E-state index contributed by atoms with van der Waals surface area (Å²) in [5.41, 5.74) is 1.17. The van der Waals surface area contributed by atoms with Gasteiger partial charge in [0.2, 0.25) is 5.91 Å². The second-order valence-electron chi connectivity index (χ2n) is 6.28. The molecule has 138 valence electrons. The van der Waals surface area contributed by atoms with Crippen LogP contribution in [0.4, 0.5) is 10.5 Å². The number of urea groups is 1. The molecule has 0 radical (unpaired) electrons. The van der Waals surface area contributed by atoms with Crippen LogP contribution >= 0.6 is 0 Å². The number of rotatable bonds is 2. The van der Waals surface area contributed by atoms with Crippen LogP contribution in [-0.2, 0) is 9.59 Å². The number of para-hydroxylation sites is 2. The van der Waals surface area contributed by atoms with Gasteiger partial charge >= 0.3 is 6.03 Å². The fraction of sp³-hybridized carbons (Fsp3) is 0.0476. The number of nitrogens with zero attached hydrogens (tertiary/aromatic N) is 2. The van der Waals surface area contributed by atoms with E-state index >= 15 is 0 Å². The number of nitrogens with one attached hydrogen (secondary N) is 1. The first-order valence-corrected chi connectivity index (χ1v) is 8.55. The van der Waals surface area contributed by atoms with Gasteiger partial charge in [-0.3, -0.25) is 24.3 Å². The molecular formula is C21H15N3O4. The monoisotopic (exact) mass is 373 g/mol. The zero-order valence-electron chi connectivity index (χ0n) is 14.9. The zero-order valence-corrected chi connectivity index (χ0v) is 14.9. The minimum Gasteiger partial charge on any atom is -0.281 e. The first-order valence-electron chi connectivity index (χ1n) is 8.55. The molecule has 7 nitrogen and oxygen atoms in total. The number of amides is 4. The van der Waals surface area contributed by atoms with Crippen LogP contribution in [0.5, 0.6) is 0 Å². The van der Waals surface area contributed by atoms with Crippen LogP contribution in [0.2, 0.25) is 0 Å². The van der Waals surface area contributed by atoms with Gasteiger partial charge in [-0.05, 0) is 30.3 Å². The van der Waals surface area contributed by atoms with Crippen molar-refractivity contribution in [1.82, 2.24) is 9.88 Å². The zero-order chi connectivity index (χ0) is 19.8. The lowest BCUT2D eigenvalue weighted by Crippen LogP contribution is -2.54.